The molecule has 0 radical (unpaired) electrons. The van der Waals surface area contributed by atoms with Crippen molar-refractivity contribution in [1.82, 2.24) is 34.9 Å². The van der Waals surface area contributed by atoms with Crippen molar-refractivity contribution in [3.8, 4) is 22.3 Å². The monoisotopic (exact) mass is 1020 g/mol. The van der Waals surface area contributed by atoms with Crippen molar-refractivity contribution in [2.24, 2.45) is 0 Å². The van der Waals surface area contributed by atoms with E-state index in [0.29, 0.717) is 38.0 Å². The van der Waals surface area contributed by atoms with Crippen LogP contribution in [0.25, 0.3) is 22.3 Å². The molecule has 358 valence electrons. The topological polar surface area (TPSA) is 368 Å². The van der Waals surface area contributed by atoms with Gasteiger partial charge in [-0.25, -0.2) is 13.2 Å². The van der Waals surface area contributed by atoms with Crippen LogP contribution in [0.1, 0.15) is 27.7 Å². The molecule has 1 fully saturated rings. The molecule has 0 unspecified atom stereocenters. The fraction of sp³-hybridized carbons (Fsp3) is 0.146. The van der Waals surface area contributed by atoms with E-state index in [1.807, 2.05) is 27.7 Å². The highest BCUT2D eigenvalue weighted by molar-refractivity contribution is 9.10. The zero-order valence-electron chi connectivity index (χ0n) is 36.6. The lowest BCUT2D eigenvalue weighted by molar-refractivity contribution is -0.384. The Balaban J connectivity index is 0.000000190. The Morgan fingerprint density at radius 2 is 0.942 bits per heavy atom. The molecule has 1 aliphatic heterocycles. The van der Waals surface area contributed by atoms with E-state index in [-0.39, 0.29) is 45.5 Å². The van der Waals surface area contributed by atoms with E-state index in [1.165, 1.54) is 67.6 Å². The Bertz CT molecular complexity index is 2950. The van der Waals surface area contributed by atoms with Gasteiger partial charge in [-0.3, -0.25) is 65.2 Å². The minimum atomic E-state index is -0.640. The summed E-state index contributed by atoms with van der Waals surface area (Å²) in [6, 6.07) is 5.29. The average molecular weight is 1020 g/mol. The highest BCUT2D eigenvalue weighted by Gasteiger charge is 2.51. The number of anilines is 5. The molecule has 28 heteroatoms. The van der Waals surface area contributed by atoms with Gasteiger partial charge in [-0.15, -0.1) is 0 Å². The summed E-state index contributed by atoms with van der Waals surface area (Å²) in [6.45, 7) is 7.83. The molecule has 7 aromatic heterocycles. The molecule has 1 aliphatic rings. The lowest BCUT2D eigenvalue weighted by Crippen LogP contribution is -2.41. The van der Waals surface area contributed by atoms with Crippen molar-refractivity contribution < 1.29 is 37.2 Å². The van der Waals surface area contributed by atoms with Gasteiger partial charge in [-0.1, -0.05) is 0 Å². The zero-order chi connectivity index (χ0) is 51.2. The van der Waals surface area contributed by atoms with Gasteiger partial charge in [-0.2, -0.15) is 0 Å². The number of nitrogens with zero attached hydrogens (tertiary/aromatic N) is 10. The van der Waals surface area contributed by atoms with Crippen LogP contribution in [-0.2, 0) is 9.31 Å². The predicted octanol–water partition coefficient (Wildman–Crippen LogP) is 6.65. The van der Waals surface area contributed by atoms with Crippen molar-refractivity contribution in [1.29, 1.82) is 0 Å². The second-order valence-electron chi connectivity index (χ2n) is 14.9. The van der Waals surface area contributed by atoms with Crippen LogP contribution in [0, 0.1) is 47.8 Å². The Kier molecular flexibility index (Phi) is 17.9. The largest absolute Gasteiger partial charge is 0.496 e. The number of rotatable bonds is 6. The predicted molar refractivity (Wildman–Crippen MR) is 253 cm³/mol. The van der Waals surface area contributed by atoms with Gasteiger partial charge >= 0.3 is 24.2 Å². The molecule has 7 aromatic rings. The number of aromatic nitrogens is 7. The van der Waals surface area contributed by atoms with Gasteiger partial charge in [0.1, 0.15) is 53.1 Å². The van der Waals surface area contributed by atoms with Crippen LogP contribution in [-0.4, -0.2) is 68.0 Å². The van der Waals surface area contributed by atoms with E-state index in [4.69, 9.17) is 38.0 Å². The third kappa shape index (κ3) is 14.3. The Morgan fingerprint density at radius 3 is 1.39 bits per heavy atom. The second-order valence-corrected chi connectivity index (χ2v) is 15.7. The number of hydrogen-bond donors (Lipinski definition) is 5. The van der Waals surface area contributed by atoms with Crippen molar-refractivity contribution in [3.05, 3.63) is 163 Å². The molecule has 8 rings (SSSR count). The molecule has 1 saturated heterocycles. The fourth-order valence-corrected chi connectivity index (χ4v) is 5.66. The second kappa shape index (κ2) is 23.3. The Labute approximate surface area is 398 Å². The van der Waals surface area contributed by atoms with E-state index in [0.717, 1.165) is 37.2 Å². The van der Waals surface area contributed by atoms with Crippen molar-refractivity contribution >= 4 is 74.0 Å². The molecule has 0 bridgehead atoms. The first-order chi connectivity index (χ1) is 32.4. The molecule has 0 aliphatic carbocycles. The fourth-order valence-electron chi connectivity index (χ4n) is 5.34. The third-order valence-corrected chi connectivity index (χ3v) is 10.2. The lowest BCUT2D eigenvalue weighted by Gasteiger charge is -2.32. The summed E-state index contributed by atoms with van der Waals surface area (Å²) in [5.74, 6) is -1.35. The zero-order valence-corrected chi connectivity index (χ0v) is 38.2. The first kappa shape index (κ1) is 53.1. The van der Waals surface area contributed by atoms with Gasteiger partial charge in [-0.05, 0) is 67.9 Å². The van der Waals surface area contributed by atoms with E-state index in [2.05, 4.69) is 50.8 Å². The number of hydrogen-bond acceptors (Lipinski definition) is 20. The van der Waals surface area contributed by atoms with Gasteiger partial charge in [0, 0.05) is 71.1 Å². The minimum absolute atomic E-state index is 0.0580. The van der Waals surface area contributed by atoms with Crippen LogP contribution in [0.4, 0.5) is 58.7 Å². The van der Waals surface area contributed by atoms with Gasteiger partial charge in [0.2, 0.25) is 0 Å². The van der Waals surface area contributed by atoms with Crippen LogP contribution in [0.15, 0.2) is 115 Å². The molecule has 0 spiro atoms. The maximum Gasteiger partial charge on any atom is 0.496 e. The van der Waals surface area contributed by atoms with Gasteiger partial charge < -0.3 is 38.0 Å². The van der Waals surface area contributed by atoms with E-state index in [1.54, 1.807) is 6.20 Å². The molecule has 0 saturated carbocycles. The van der Waals surface area contributed by atoms with E-state index >= 15 is 0 Å². The number of halogens is 4. The van der Waals surface area contributed by atoms with Gasteiger partial charge in [0.15, 0.2) is 0 Å². The number of nitrogens with two attached hydrogens (primary N) is 5. The Morgan fingerprint density at radius 1 is 0.522 bits per heavy atom. The molecule has 10 N–H and O–H groups in total. The standard InChI is InChI=1S/C11H15BFNO2.C10H7FN4O2.C10H9FN4.C5H4BrN3O2.C5H5N3O2/c1-10(2)11(3,4)16-12(15-10)8-5-9(13)7-14-6-8;11-7-1-6(2-13-3-7)8-4-14-5-9(10(8)12)15(16)17;11-7-1-6(2-14-3-7)8-4-15-5-9(12)10(8)13;6-3-1-8-2-4(5(3)7)9(10)11;6-4-1-2-7-3-5(4)8(9)10/h5-7H,1-4H3;1-5H,(H2,12,14);1-5H,12H2,(H2,13,15);1-2H,(H2,7,8);1-3H,(H2,6,7). The molecular formula is C41H40BBrF3N15O8. The molecule has 69 heavy (non-hydrogen) atoms. The quantitative estimate of drug-likeness (QED) is 0.0661. The minimum Gasteiger partial charge on any atom is -0.399 e. The van der Waals surface area contributed by atoms with Gasteiger partial charge in [0.25, 0.3) is 0 Å². The van der Waals surface area contributed by atoms with Crippen molar-refractivity contribution in [2.45, 2.75) is 38.9 Å². The normalized spacial score (nSPS) is 12.8. The number of nitro groups is 3. The SMILES string of the molecule is CC1(C)OB(c2cncc(F)c2)OC1(C)C.Nc1c(-c2cncc(F)c2)cncc1[N+](=O)[O-].Nc1c(Br)cncc1[N+](=O)[O-].Nc1ccncc1[N+](=O)[O-].Nc1cncc(-c2cncc(F)c2)c1N. The van der Waals surface area contributed by atoms with Crippen LogP contribution in [0.2, 0.25) is 0 Å². The Hall–Kier alpha value is -8.50. The molecular weight excluding hydrogens is 978 g/mol. The summed E-state index contributed by atoms with van der Waals surface area (Å²) in [7, 11) is -0.548. The van der Waals surface area contributed by atoms with Crippen molar-refractivity contribution in [2.75, 3.05) is 28.7 Å². The average Bonchev–Trinajstić information content (AvgIpc) is 3.52. The molecule has 23 nitrogen and oxygen atoms in total. The van der Waals surface area contributed by atoms with Crippen LogP contribution < -0.4 is 34.1 Å². The maximum absolute atomic E-state index is 13.0. The maximum atomic E-state index is 13.0. The molecule has 0 aromatic carbocycles. The number of pyridine rings is 7. The summed E-state index contributed by atoms with van der Waals surface area (Å²) in [5.41, 5.74) is 29.4. The first-order valence-electron chi connectivity index (χ1n) is 19.4. The summed E-state index contributed by atoms with van der Waals surface area (Å²) >= 11 is 3.02. The van der Waals surface area contributed by atoms with Gasteiger partial charge in [0.05, 0.1) is 66.6 Å². The van der Waals surface area contributed by atoms with E-state index in [9.17, 15) is 43.5 Å². The first-order valence-corrected chi connectivity index (χ1v) is 20.1. The van der Waals surface area contributed by atoms with Crippen LogP contribution in [0.3, 0.4) is 0 Å². The smallest absolute Gasteiger partial charge is 0.399 e. The molecule has 8 heterocycles. The highest BCUT2D eigenvalue weighted by Crippen LogP contribution is 2.37. The van der Waals surface area contributed by atoms with Crippen LogP contribution >= 0.6 is 15.9 Å². The summed E-state index contributed by atoms with van der Waals surface area (Å²) in [5, 5.41) is 31.0. The molecule has 0 atom stereocenters. The van der Waals surface area contributed by atoms with Crippen LogP contribution in [0.5, 0.6) is 0 Å². The summed E-state index contributed by atoms with van der Waals surface area (Å²) < 4.78 is 50.9. The highest BCUT2D eigenvalue weighted by atomic mass is 79.9. The third-order valence-electron chi connectivity index (χ3n) is 9.61. The number of nitrogen functional groups attached to an aromatic ring is 5. The van der Waals surface area contributed by atoms with E-state index < -0.39 is 44.7 Å². The summed E-state index contributed by atoms with van der Waals surface area (Å²) in [6.07, 6.45) is 18.2. The lowest BCUT2D eigenvalue weighted by atomic mass is 9.80. The van der Waals surface area contributed by atoms with Crippen molar-refractivity contribution in [3.63, 3.8) is 0 Å². The summed E-state index contributed by atoms with van der Waals surface area (Å²) in [4.78, 5) is 55.1. The molecule has 0 amide bonds.